The summed E-state index contributed by atoms with van der Waals surface area (Å²) in [5.41, 5.74) is 5.28. The highest BCUT2D eigenvalue weighted by molar-refractivity contribution is 5.84. The summed E-state index contributed by atoms with van der Waals surface area (Å²) in [5, 5.41) is 1.35. The molecular formula is C18H20N2. The molecule has 0 radical (unpaired) electrons. The number of anilines is 1. The van der Waals surface area contributed by atoms with Crippen molar-refractivity contribution in [3.63, 3.8) is 0 Å². The molecule has 0 unspecified atom stereocenters. The highest BCUT2D eigenvalue weighted by Crippen LogP contribution is 2.23. The summed E-state index contributed by atoms with van der Waals surface area (Å²) in [6, 6.07) is 17.4. The summed E-state index contributed by atoms with van der Waals surface area (Å²) in [5.74, 6) is 0. The largest absolute Gasteiger partial charge is 0.378 e. The van der Waals surface area contributed by atoms with E-state index in [-0.39, 0.29) is 0 Å². The van der Waals surface area contributed by atoms with Gasteiger partial charge >= 0.3 is 0 Å². The number of hydrogen-bond acceptors (Lipinski definition) is 1. The van der Waals surface area contributed by atoms with Crippen molar-refractivity contribution in [3.8, 4) is 0 Å². The van der Waals surface area contributed by atoms with Crippen LogP contribution in [0.5, 0.6) is 0 Å². The third-order valence-electron chi connectivity index (χ3n) is 3.83. The molecule has 1 heterocycles. The lowest BCUT2D eigenvalue weighted by Gasteiger charge is -2.12. The maximum atomic E-state index is 2.24. The van der Waals surface area contributed by atoms with Gasteiger partial charge in [-0.3, -0.25) is 0 Å². The molecule has 0 bridgehead atoms. The molecule has 0 N–H and O–H groups in total. The molecule has 0 fully saturated rings. The van der Waals surface area contributed by atoms with Gasteiger partial charge in [-0.2, -0.15) is 0 Å². The van der Waals surface area contributed by atoms with Crippen LogP contribution in [-0.2, 0) is 13.5 Å². The van der Waals surface area contributed by atoms with Gasteiger partial charge in [0.15, 0.2) is 0 Å². The molecule has 3 aromatic rings. The molecule has 0 spiro atoms. The van der Waals surface area contributed by atoms with Crippen LogP contribution in [0.1, 0.15) is 11.1 Å². The minimum absolute atomic E-state index is 0.981. The Hall–Kier alpha value is -2.22. The molecule has 3 rings (SSSR count). The van der Waals surface area contributed by atoms with Crippen molar-refractivity contribution in [3.05, 3.63) is 65.9 Å². The maximum Gasteiger partial charge on any atom is 0.0480 e. The van der Waals surface area contributed by atoms with Gasteiger partial charge in [0.05, 0.1) is 0 Å². The molecular weight excluding hydrogens is 244 g/mol. The van der Waals surface area contributed by atoms with Crippen molar-refractivity contribution >= 4 is 16.6 Å². The zero-order valence-corrected chi connectivity index (χ0v) is 12.3. The van der Waals surface area contributed by atoms with E-state index in [0.717, 1.165) is 6.42 Å². The first-order chi connectivity index (χ1) is 9.65. The summed E-state index contributed by atoms with van der Waals surface area (Å²) < 4.78 is 2.21. The average Bonchev–Trinajstić information content (AvgIpc) is 2.77. The third-order valence-corrected chi connectivity index (χ3v) is 3.83. The molecule has 2 nitrogen and oxygen atoms in total. The van der Waals surface area contributed by atoms with Crippen LogP contribution in [0.3, 0.4) is 0 Å². The first-order valence-corrected chi connectivity index (χ1v) is 6.94. The molecule has 20 heavy (non-hydrogen) atoms. The van der Waals surface area contributed by atoms with Crippen molar-refractivity contribution in [2.24, 2.45) is 7.05 Å². The Labute approximate surface area is 120 Å². The van der Waals surface area contributed by atoms with Gasteiger partial charge in [0.1, 0.15) is 0 Å². The van der Waals surface area contributed by atoms with Crippen LogP contribution in [0, 0.1) is 0 Å². The second-order valence-electron chi connectivity index (χ2n) is 5.52. The molecule has 0 aliphatic rings. The topological polar surface area (TPSA) is 8.17 Å². The molecule has 2 aromatic carbocycles. The van der Waals surface area contributed by atoms with Crippen molar-refractivity contribution in [2.75, 3.05) is 19.0 Å². The molecule has 1 aromatic heterocycles. The van der Waals surface area contributed by atoms with Crippen LogP contribution in [0.15, 0.2) is 54.7 Å². The summed E-state index contributed by atoms with van der Waals surface area (Å²) >= 11 is 0. The zero-order valence-electron chi connectivity index (χ0n) is 12.3. The molecule has 0 amide bonds. The fraction of sp³-hybridized carbons (Fsp3) is 0.222. The second-order valence-corrected chi connectivity index (χ2v) is 5.52. The zero-order chi connectivity index (χ0) is 14.1. The maximum absolute atomic E-state index is 2.24. The summed E-state index contributed by atoms with van der Waals surface area (Å²) in [6.07, 6.45) is 3.22. The van der Waals surface area contributed by atoms with Gasteiger partial charge in [-0.1, -0.05) is 30.3 Å². The number of para-hydroxylation sites is 1. The van der Waals surface area contributed by atoms with Gasteiger partial charge in [-0.05, 0) is 35.7 Å². The van der Waals surface area contributed by atoms with E-state index in [0.29, 0.717) is 0 Å². The Bertz CT molecular complexity index is 721. The molecule has 0 aliphatic carbocycles. The van der Waals surface area contributed by atoms with Crippen molar-refractivity contribution < 1.29 is 0 Å². The number of hydrogen-bond donors (Lipinski definition) is 0. The SMILES string of the molecule is CN(C)c1ccc(Cc2cn(C)c3ccccc23)cc1. The van der Waals surface area contributed by atoms with Gasteiger partial charge in [-0.15, -0.1) is 0 Å². The van der Waals surface area contributed by atoms with Crippen molar-refractivity contribution in [1.82, 2.24) is 4.57 Å². The van der Waals surface area contributed by atoms with Gasteiger partial charge in [0, 0.05) is 43.9 Å². The molecule has 0 saturated heterocycles. The van der Waals surface area contributed by atoms with E-state index in [4.69, 9.17) is 0 Å². The molecule has 0 saturated carbocycles. The van der Waals surface area contributed by atoms with Crippen LogP contribution >= 0.6 is 0 Å². The molecule has 0 aliphatic heterocycles. The average molecular weight is 264 g/mol. The number of benzene rings is 2. The van der Waals surface area contributed by atoms with E-state index in [1.165, 1.54) is 27.7 Å². The minimum Gasteiger partial charge on any atom is -0.378 e. The van der Waals surface area contributed by atoms with Gasteiger partial charge in [-0.25, -0.2) is 0 Å². The Morgan fingerprint density at radius 3 is 2.35 bits per heavy atom. The van der Waals surface area contributed by atoms with E-state index in [9.17, 15) is 0 Å². The van der Waals surface area contributed by atoms with E-state index < -0.39 is 0 Å². The monoisotopic (exact) mass is 264 g/mol. The lowest BCUT2D eigenvalue weighted by Crippen LogP contribution is -2.08. The van der Waals surface area contributed by atoms with Crippen LogP contribution in [0.2, 0.25) is 0 Å². The highest BCUT2D eigenvalue weighted by atomic mass is 15.1. The third kappa shape index (κ3) is 2.29. The van der Waals surface area contributed by atoms with E-state index in [1.807, 2.05) is 0 Å². The normalized spacial score (nSPS) is 10.9. The second kappa shape index (κ2) is 5.04. The van der Waals surface area contributed by atoms with Crippen LogP contribution in [0.4, 0.5) is 5.69 Å². The van der Waals surface area contributed by atoms with Crippen LogP contribution < -0.4 is 4.90 Å². The Kier molecular flexibility index (Phi) is 3.23. The molecule has 0 atom stereocenters. The molecule has 102 valence electrons. The standard InChI is InChI=1S/C18H20N2/c1-19(2)16-10-8-14(9-11-16)12-15-13-20(3)18-7-5-4-6-17(15)18/h4-11,13H,12H2,1-3H3. The highest BCUT2D eigenvalue weighted by Gasteiger charge is 2.06. The Balaban J connectivity index is 1.93. The number of rotatable bonds is 3. The lowest BCUT2D eigenvalue weighted by molar-refractivity contribution is 0.958. The summed E-state index contributed by atoms with van der Waals surface area (Å²) in [4.78, 5) is 2.13. The number of aryl methyl sites for hydroxylation is 1. The number of nitrogens with zero attached hydrogens (tertiary/aromatic N) is 2. The predicted molar refractivity (Wildman–Crippen MR) is 86.5 cm³/mol. The Morgan fingerprint density at radius 1 is 0.950 bits per heavy atom. The van der Waals surface area contributed by atoms with Gasteiger partial charge < -0.3 is 9.47 Å². The minimum atomic E-state index is 0.981. The smallest absolute Gasteiger partial charge is 0.0480 e. The van der Waals surface area contributed by atoms with Crippen molar-refractivity contribution in [1.29, 1.82) is 0 Å². The fourth-order valence-electron chi connectivity index (χ4n) is 2.70. The molecule has 2 heteroatoms. The van der Waals surface area contributed by atoms with E-state index in [2.05, 4.69) is 85.3 Å². The van der Waals surface area contributed by atoms with Gasteiger partial charge in [0.2, 0.25) is 0 Å². The predicted octanol–water partition coefficient (Wildman–Crippen LogP) is 3.84. The first kappa shape index (κ1) is 12.8. The van der Waals surface area contributed by atoms with E-state index in [1.54, 1.807) is 0 Å². The lowest BCUT2D eigenvalue weighted by atomic mass is 10.0. The van der Waals surface area contributed by atoms with E-state index >= 15 is 0 Å². The van der Waals surface area contributed by atoms with Crippen LogP contribution in [-0.4, -0.2) is 18.7 Å². The summed E-state index contributed by atoms with van der Waals surface area (Å²) in [7, 11) is 6.25. The quantitative estimate of drug-likeness (QED) is 0.698. The van der Waals surface area contributed by atoms with Crippen LogP contribution in [0.25, 0.3) is 10.9 Å². The van der Waals surface area contributed by atoms with Gasteiger partial charge in [0.25, 0.3) is 0 Å². The Morgan fingerprint density at radius 2 is 1.65 bits per heavy atom. The number of aromatic nitrogens is 1. The van der Waals surface area contributed by atoms with Crippen molar-refractivity contribution in [2.45, 2.75) is 6.42 Å². The number of fused-ring (bicyclic) bond motifs is 1. The summed E-state index contributed by atoms with van der Waals surface area (Å²) in [6.45, 7) is 0. The fourth-order valence-corrected chi connectivity index (χ4v) is 2.70. The first-order valence-electron chi connectivity index (χ1n) is 6.94.